The summed E-state index contributed by atoms with van der Waals surface area (Å²) in [6, 6.07) is 11.3. The van der Waals surface area contributed by atoms with Crippen LogP contribution in [-0.4, -0.2) is 19.7 Å². The Bertz CT molecular complexity index is 1080. The van der Waals surface area contributed by atoms with Crippen LogP contribution in [0.4, 0.5) is 0 Å². The molecule has 28 heavy (non-hydrogen) atoms. The Balaban J connectivity index is 1.40. The minimum Gasteiger partial charge on any atom is -0.484 e. The molecule has 0 spiro atoms. The molecule has 0 aliphatic rings. The summed E-state index contributed by atoms with van der Waals surface area (Å²) in [4.78, 5) is 5.64. The van der Waals surface area contributed by atoms with E-state index in [1.165, 1.54) is 0 Å². The minimum atomic E-state index is 0.291. The average molecular weight is 433 g/mol. The van der Waals surface area contributed by atoms with Crippen molar-refractivity contribution in [3.63, 3.8) is 0 Å². The summed E-state index contributed by atoms with van der Waals surface area (Å²) in [7, 11) is 1.92. The van der Waals surface area contributed by atoms with Crippen LogP contribution in [0.3, 0.4) is 0 Å². The highest BCUT2D eigenvalue weighted by atomic mass is 35.5. The van der Waals surface area contributed by atoms with Crippen LogP contribution in [-0.2, 0) is 19.4 Å². The molecule has 0 saturated heterocycles. The Kier molecular flexibility index (Phi) is 5.70. The zero-order valence-electron chi connectivity index (χ0n) is 15.3. The van der Waals surface area contributed by atoms with Crippen molar-refractivity contribution in [3.05, 3.63) is 64.1 Å². The fraction of sp³-hybridized carbons (Fsp3) is 0.211. The first-order valence-electron chi connectivity index (χ1n) is 8.50. The smallest absolute Gasteiger partial charge is 0.236 e. The molecule has 3 aromatic heterocycles. The quantitative estimate of drug-likeness (QED) is 0.366. The summed E-state index contributed by atoms with van der Waals surface area (Å²) in [6.45, 7) is 2.22. The first-order chi connectivity index (χ1) is 13.6. The highest BCUT2D eigenvalue weighted by Crippen LogP contribution is 2.29. The molecule has 0 radical (unpaired) electrons. The summed E-state index contributed by atoms with van der Waals surface area (Å²) < 4.78 is 13.5. The standard InChI is InChI=1S/C19H17ClN4O2S2/c1-12-14(21-18(26-12)16-8-5-9-27-16)11-28-19-23-22-17(24(19)2)10-25-15-7-4-3-6-13(15)20/h3-9H,10-11H2,1-2H3. The van der Waals surface area contributed by atoms with Crippen molar-refractivity contribution in [1.82, 2.24) is 19.7 Å². The van der Waals surface area contributed by atoms with Gasteiger partial charge in [-0.15, -0.1) is 21.5 Å². The van der Waals surface area contributed by atoms with Gasteiger partial charge in [0.05, 0.1) is 15.6 Å². The molecule has 144 valence electrons. The highest BCUT2D eigenvalue weighted by Gasteiger charge is 2.15. The lowest BCUT2D eigenvalue weighted by molar-refractivity contribution is 0.290. The Hall–Kier alpha value is -2.29. The van der Waals surface area contributed by atoms with Crippen LogP contribution >= 0.6 is 34.7 Å². The number of oxazole rings is 1. The van der Waals surface area contributed by atoms with E-state index in [2.05, 4.69) is 15.2 Å². The maximum absolute atomic E-state index is 6.12. The number of nitrogens with zero attached hydrogens (tertiary/aromatic N) is 4. The van der Waals surface area contributed by atoms with Gasteiger partial charge in [0, 0.05) is 12.8 Å². The van der Waals surface area contributed by atoms with Gasteiger partial charge >= 0.3 is 0 Å². The second-order valence-electron chi connectivity index (χ2n) is 5.96. The molecular formula is C19H17ClN4O2S2. The van der Waals surface area contributed by atoms with E-state index in [-0.39, 0.29) is 0 Å². The van der Waals surface area contributed by atoms with Crippen LogP contribution < -0.4 is 4.74 Å². The van der Waals surface area contributed by atoms with Gasteiger partial charge < -0.3 is 13.7 Å². The molecule has 0 unspecified atom stereocenters. The number of halogens is 1. The molecule has 9 heteroatoms. The third-order valence-electron chi connectivity index (χ3n) is 4.08. The largest absolute Gasteiger partial charge is 0.484 e. The molecule has 0 aliphatic carbocycles. The maximum Gasteiger partial charge on any atom is 0.236 e. The Morgan fingerprint density at radius 1 is 1.21 bits per heavy atom. The minimum absolute atomic E-state index is 0.291. The number of rotatable bonds is 7. The lowest BCUT2D eigenvalue weighted by atomic mass is 10.3. The van der Waals surface area contributed by atoms with Gasteiger partial charge in [-0.25, -0.2) is 4.98 Å². The number of thioether (sulfide) groups is 1. The predicted molar refractivity (Wildman–Crippen MR) is 111 cm³/mol. The third-order valence-corrected chi connectivity index (χ3v) is 6.28. The maximum atomic E-state index is 6.12. The molecule has 0 bridgehead atoms. The Morgan fingerprint density at radius 2 is 2.07 bits per heavy atom. The van der Waals surface area contributed by atoms with Gasteiger partial charge in [0.2, 0.25) is 5.89 Å². The zero-order chi connectivity index (χ0) is 19.5. The summed E-state index contributed by atoms with van der Waals surface area (Å²) in [6.07, 6.45) is 0. The number of thiophene rings is 1. The van der Waals surface area contributed by atoms with E-state index in [0.717, 1.165) is 27.3 Å². The van der Waals surface area contributed by atoms with Gasteiger partial charge in [-0.3, -0.25) is 0 Å². The van der Waals surface area contributed by atoms with Gasteiger partial charge in [0.15, 0.2) is 11.0 Å². The van der Waals surface area contributed by atoms with Crippen LogP contribution in [0.1, 0.15) is 17.3 Å². The van der Waals surface area contributed by atoms with Crippen LogP contribution in [0.25, 0.3) is 10.8 Å². The molecule has 0 aliphatic heterocycles. The molecule has 0 saturated carbocycles. The van der Waals surface area contributed by atoms with Crippen molar-refractivity contribution in [1.29, 1.82) is 0 Å². The van der Waals surface area contributed by atoms with Crippen molar-refractivity contribution < 1.29 is 9.15 Å². The normalized spacial score (nSPS) is 11.1. The SMILES string of the molecule is Cc1oc(-c2cccs2)nc1CSc1nnc(COc2ccccc2Cl)n1C. The van der Waals surface area contributed by atoms with Gasteiger partial charge in [-0.1, -0.05) is 41.6 Å². The molecule has 0 fully saturated rings. The van der Waals surface area contributed by atoms with Crippen LogP contribution in [0.2, 0.25) is 5.02 Å². The van der Waals surface area contributed by atoms with E-state index < -0.39 is 0 Å². The lowest BCUT2D eigenvalue weighted by Gasteiger charge is -2.07. The molecule has 6 nitrogen and oxygen atoms in total. The molecule has 3 heterocycles. The number of hydrogen-bond acceptors (Lipinski definition) is 7. The molecular weight excluding hydrogens is 416 g/mol. The van der Waals surface area contributed by atoms with Crippen LogP contribution in [0, 0.1) is 6.92 Å². The topological polar surface area (TPSA) is 66.0 Å². The summed E-state index contributed by atoms with van der Waals surface area (Å²) >= 11 is 9.29. The van der Waals surface area contributed by atoms with Crippen LogP contribution in [0.5, 0.6) is 5.75 Å². The van der Waals surface area contributed by atoms with Crippen molar-refractivity contribution in [2.75, 3.05) is 0 Å². The van der Waals surface area contributed by atoms with Crippen molar-refractivity contribution in [2.45, 2.75) is 24.4 Å². The Morgan fingerprint density at radius 3 is 2.86 bits per heavy atom. The molecule has 0 amide bonds. The van der Waals surface area contributed by atoms with E-state index in [4.69, 9.17) is 20.8 Å². The van der Waals surface area contributed by atoms with E-state index in [1.54, 1.807) is 29.2 Å². The number of hydrogen-bond donors (Lipinski definition) is 0. The molecule has 4 aromatic rings. The van der Waals surface area contributed by atoms with Gasteiger partial charge in [0.1, 0.15) is 18.1 Å². The Labute approximate surface area is 175 Å². The predicted octanol–water partition coefficient (Wildman–Crippen LogP) is 5.36. The second-order valence-corrected chi connectivity index (χ2v) is 8.26. The van der Waals surface area contributed by atoms with Crippen molar-refractivity contribution >= 4 is 34.7 Å². The summed E-state index contributed by atoms with van der Waals surface area (Å²) in [5.41, 5.74) is 0.908. The van der Waals surface area contributed by atoms with Gasteiger partial charge in [0.25, 0.3) is 0 Å². The van der Waals surface area contributed by atoms with Crippen molar-refractivity contribution in [2.24, 2.45) is 7.05 Å². The first kappa shape index (κ1) is 19.0. The summed E-state index contributed by atoms with van der Waals surface area (Å²) in [5, 5.41) is 11.9. The van der Waals surface area contributed by atoms with E-state index >= 15 is 0 Å². The average Bonchev–Trinajstić information content (AvgIpc) is 3.41. The van der Waals surface area contributed by atoms with E-state index in [0.29, 0.717) is 29.0 Å². The second kappa shape index (κ2) is 8.38. The first-order valence-corrected chi connectivity index (χ1v) is 10.7. The molecule has 4 rings (SSSR count). The fourth-order valence-electron chi connectivity index (χ4n) is 2.50. The number of para-hydroxylation sites is 1. The highest BCUT2D eigenvalue weighted by molar-refractivity contribution is 7.98. The number of ether oxygens (including phenoxy) is 1. The molecule has 0 N–H and O–H groups in total. The van der Waals surface area contributed by atoms with Crippen LogP contribution in [0.15, 0.2) is 51.4 Å². The van der Waals surface area contributed by atoms with Crippen molar-refractivity contribution in [3.8, 4) is 16.5 Å². The number of benzene rings is 1. The zero-order valence-corrected chi connectivity index (χ0v) is 17.6. The van der Waals surface area contributed by atoms with Gasteiger partial charge in [-0.2, -0.15) is 0 Å². The number of aromatic nitrogens is 4. The monoisotopic (exact) mass is 432 g/mol. The fourth-order valence-corrected chi connectivity index (χ4v) is 4.27. The van der Waals surface area contributed by atoms with E-state index in [1.807, 2.05) is 54.3 Å². The number of aryl methyl sites for hydroxylation is 1. The third kappa shape index (κ3) is 4.09. The van der Waals surface area contributed by atoms with Gasteiger partial charge in [-0.05, 0) is 30.5 Å². The summed E-state index contributed by atoms with van der Waals surface area (Å²) in [5.74, 6) is 3.48. The van der Waals surface area contributed by atoms with E-state index in [9.17, 15) is 0 Å². The molecule has 0 atom stereocenters. The lowest BCUT2D eigenvalue weighted by Crippen LogP contribution is -2.04. The molecule has 1 aromatic carbocycles.